The molecule has 26 heavy (non-hydrogen) atoms. The summed E-state index contributed by atoms with van der Waals surface area (Å²) in [6.45, 7) is 0. The van der Waals surface area contributed by atoms with Crippen LogP contribution >= 0.6 is 15.9 Å². The van der Waals surface area contributed by atoms with Gasteiger partial charge in [0.15, 0.2) is 5.82 Å². The van der Waals surface area contributed by atoms with Gasteiger partial charge in [-0.3, -0.25) is 0 Å². The molecule has 0 spiro atoms. The summed E-state index contributed by atoms with van der Waals surface area (Å²) < 4.78 is 0.905. The summed E-state index contributed by atoms with van der Waals surface area (Å²) in [5.74, 6) is 0.651. The summed E-state index contributed by atoms with van der Waals surface area (Å²) in [7, 11) is 6.01. The third kappa shape index (κ3) is 3.61. The molecule has 122 valence electrons. The van der Waals surface area contributed by atoms with Crippen molar-refractivity contribution in [3.8, 4) is 33.9 Å². The van der Waals surface area contributed by atoms with Crippen LogP contribution in [0.1, 0.15) is 0 Å². The van der Waals surface area contributed by atoms with E-state index >= 15 is 0 Å². The van der Waals surface area contributed by atoms with Gasteiger partial charge >= 0.3 is 0 Å². The molecule has 2 radical (unpaired) electrons. The quantitative estimate of drug-likeness (QED) is 0.453. The van der Waals surface area contributed by atoms with Crippen molar-refractivity contribution in [3.63, 3.8) is 0 Å². The number of aromatic nitrogens is 2. The molecule has 0 aliphatic heterocycles. The molecule has 0 fully saturated rings. The summed E-state index contributed by atoms with van der Waals surface area (Å²) >= 11 is 3.50. The maximum atomic E-state index is 6.01. The molecule has 0 amide bonds. The fourth-order valence-corrected chi connectivity index (χ4v) is 3.34. The molecule has 0 unspecified atom stereocenters. The highest BCUT2D eigenvalue weighted by Crippen LogP contribution is 2.27. The highest BCUT2D eigenvalue weighted by molar-refractivity contribution is 9.10. The first-order valence-electron chi connectivity index (χ1n) is 8.25. The van der Waals surface area contributed by atoms with Crippen molar-refractivity contribution in [2.24, 2.45) is 0 Å². The molecule has 0 aliphatic carbocycles. The van der Waals surface area contributed by atoms with E-state index in [9.17, 15) is 0 Å². The van der Waals surface area contributed by atoms with E-state index in [1.165, 1.54) is 0 Å². The largest absolute Gasteiger partial charge is 0.228 e. The maximum Gasteiger partial charge on any atom is 0.160 e. The summed E-state index contributed by atoms with van der Waals surface area (Å²) in [6, 6.07) is 28.0. The Morgan fingerprint density at radius 1 is 0.615 bits per heavy atom. The topological polar surface area (TPSA) is 25.8 Å². The van der Waals surface area contributed by atoms with Crippen LogP contribution < -0.4 is 5.46 Å². The summed E-state index contributed by atoms with van der Waals surface area (Å²) in [5, 5.41) is 0. The molecule has 4 rings (SSSR count). The van der Waals surface area contributed by atoms with E-state index in [0.717, 1.165) is 32.6 Å². The molecule has 4 heteroatoms. The van der Waals surface area contributed by atoms with Crippen molar-refractivity contribution in [1.82, 2.24) is 9.97 Å². The zero-order chi connectivity index (χ0) is 17.9. The van der Waals surface area contributed by atoms with E-state index in [-0.39, 0.29) is 0 Å². The lowest BCUT2D eigenvalue weighted by molar-refractivity contribution is 1.18. The van der Waals surface area contributed by atoms with E-state index in [4.69, 9.17) is 17.8 Å². The Morgan fingerprint density at radius 3 is 1.65 bits per heavy atom. The zero-order valence-corrected chi connectivity index (χ0v) is 15.5. The number of rotatable bonds is 3. The predicted octanol–water partition coefficient (Wildman–Crippen LogP) is 5.03. The van der Waals surface area contributed by atoms with Gasteiger partial charge in [0, 0.05) is 21.2 Å². The molecule has 1 heterocycles. The van der Waals surface area contributed by atoms with E-state index in [0.29, 0.717) is 11.3 Å². The SMILES string of the molecule is [B]c1cc(Br)cc(-c2nc(-c3ccccc3)cc(-c3ccccc3)n2)c1. The molecular weight excluding hydrogens is 383 g/mol. The second-order valence-corrected chi connectivity index (χ2v) is 6.88. The Balaban J connectivity index is 1.93. The van der Waals surface area contributed by atoms with Gasteiger partial charge in [0.2, 0.25) is 0 Å². The van der Waals surface area contributed by atoms with Gasteiger partial charge in [0.25, 0.3) is 0 Å². The first-order chi connectivity index (χ1) is 12.7. The minimum absolute atomic E-state index is 0.651. The Kier molecular flexibility index (Phi) is 4.68. The highest BCUT2D eigenvalue weighted by atomic mass is 79.9. The van der Waals surface area contributed by atoms with Crippen LogP contribution in [0, 0.1) is 0 Å². The standard InChI is InChI=1S/C22H14BBrN2/c23-18-11-17(12-19(24)13-18)22-25-20(15-7-3-1-4-8-15)14-21(26-22)16-9-5-2-6-10-16/h1-14H. The van der Waals surface area contributed by atoms with Crippen molar-refractivity contribution in [2.75, 3.05) is 0 Å². The van der Waals surface area contributed by atoms with Crippen molar-refractivity contribution in [1.29, 1.82) is 0 Å². The second-order valence-electron chi connectivity index (χ2n) is 5.97. The van der Waals surface area contributed by atoms with Crippen molar-refractivity contribution in [2.45, 2.75) is 0 Å². The minimum atomic E-state index is 0.651. The number of nitrogens with zero attached hydrogens (tertiary/aromatic N) is 2. The molecule has 0 atom stereocenters. The molecular formula is C22H14BBrN2. The maximum absolute atomic E-state index is 6.01. The summed E-state index contributed by atoms with van der Waals surface area (Å²) in [6.07, 6.45) is 0. The minimum Gasteiger partial charge on any atom is -0.228 e. The van der Waals surface area contributed by atoms with Gasteiger partial charge in [0.05, 0.1) is 11.4 Å². The molecule has 2 nitrogen and oxygen atoms in total. The third-order valence-electron chi connectivity index (χ3n) is 4.04. The van der Waals surface area contributed by atoms with Gasteiger partial charge in [0.1, 0.15) is 7.85 Å². The molecule has 4 aromatic rings. The van der Waals surface area contributed by atoms with Crippen molar-refractivity contribution >= 4 is 29.2 Å². The van der Waals surface area contributed by atoms with E-state index in [2.05, 4.69) is 40.2 Å². The van der Waals surface area contributed by atoms with Crippen LogP contribution in [0.25, 0.3) is 33.9 Å². The fraction of sp³-hybridized carbons (Fsp3) is 0. The highest BCUT2D eigenvalue weighted by Gasteiger charge is 2.11. The van der Waals surface area contributed by atoms with Gasteiger partial charge in [-0.15, -0.1) is 0 Å². The number of hydrogen-bond donors (Lipinski definition) is 0. The Hall–Kier alpha value is -2.72. The van der Waals surface area contributed by atoms with E-state index < -0.39 is 0 Å². The molecule has 0 saturated carbocycles. The Morgan fingerprint density at radius 2 is 1.15 bits per heavy atom. The lowest BCUT2D eigenvalue weighted by atomic mass is 9.94. The van der Waals surface area contributed by atoms with Gasteiger partial charge in [-0.25, -0.2) is 9.97 Å². The molecule has 1 aromatic heterocycles. The zero-order valence-electron chi connectivity index (χ0n) is 13.9. The fourth-order valence-electron chi connectivity index (χ4n) is 2.83. The van der Waals surface area contributed by atoms with Crippen LogP contribution in [-0.4, -0.2) is 17.8 Å². The van der Waals surface area contributed by atoms with Crippen LogP contribution in [0.2, 0.25) is 0 Å². The Bertz CT molecular complexity index is 972. The summed E-state index contributed by atoms with van der Waals surface area (Å²) in [5.41, 5.74) is 5.42. The number of hydrogen-bond acceptors (Lipinski definition) is 2. The molecule has 0 bridgehead atoms. The Labute approximate surface area is 162 Å². The average Bonchev–Trinajstić information content (AvgIpc) is 2.68. The predicted molar refractivity (Wildman–Crippen MR) is 111 cm³/mol. The van der Waals surface area contributed by atoms with Gasteiger partial charge < -0.3 is 0 Å². The van der Waals surface area contributed by atoms with Crippen LogP contribution in [-0.2, 0) is 0 Å². The monoisotopic (exact) mass is 396 g/mol. The average molecular weight is 397 g/mol. The van der Waals surface area contributed by atoms with Gasteiger partial charge in [-0.05, 0) is 12.1 Å². The summed E-state index contributed by atoms with van der Waals surface area (Å²) in [4.78, 5) is 9.59. The second kappa shape index (κ2) is 7.26. The lowest BCUT2D eigenvalue weighted by Crippen LogP contribution is -2.03. The molecule has 0 N–H and O–H groups in total. The van der Waals surface area contributed by atoms with E-state index in [1.807, 2.05) is 60.7 Å². The van der Waals surface area contributed by atoms with Crippen LogP contribution in [0.3, 0.4) is 0 Å². The third-order valence-corrected chi connectivity index (χ3v) is 4.50. The number of halogens is 1. The number of benzene rings is 3. The van der Waals surface area contributed by atoms with E-state index in [1.54, 1.807) is 0 Å². The van der Waals surface area contributed by atoms with Crippen molar-refractivity contribution < 1.29 is 0 Å². The first-order valence-corrected chi connectivity index (χ1v) is 9.05. The molecule has 0 aliphatic rings. The molecule has 0 saturated heterocycles. The van der Waals surface area contributed by atoms with Gasteiger partial charge in [-0.2, -0.15) is 0 Å². The van der Waals surface area contributed by atoms with Crippen LogP contribution in [0.15, 0.2) is 89.4 Å². The van der Waals surface area contributed by atoms with Crippen LogP contribution in [0.5, 0.6) is 0 Å². The first kappa shape index (κ1) is 16.7. The normalized spacial score (nSPS) is 10.7. The molecule has 3 aromatic carbocycles. The lowest BCUT2D eigenvalue weighted by Gasteiger charge is -2.10. The van der Waals surface area contributed by atoms with Crippen LogP contribution in [0.4, 0.5) is 0 Å². The van der Waals surface area contributed by atoms with Gasteiger partial charge in [-0.1, -0.05) is 94.2 Å². The van der Waals surface area contributed by atoms with Crippen molar-refractivity contribution in [3.05, 3.63) is 89.4 Å². The smallest absolute Gasteiger partial charge is 0.160 e.